The van der Waals surface area contributed by atoms with Gasteiger partial charge in [-0.25, -0.2) is 0 Å². The Morgan fingerprint density at radius 3 is 2.81 bits per heavy atom. The second-order valence-corrected chi connectivity index (χ2v) is 6.09. The van der Waals surface area contributed by atoms with Crippen LogP contribution >= 0.6 is 0 Å². The van der Waals surface area contributed by atoms with Gasteiger partial charge in [-0.15, -0.1) is 0 Å². The number of hydrogen-bond donors (Lipinski definition) is 1. The van der Waals surface area contributed by atoms with Gasteiger partial charge in [-0.05, 0) is 26.7 Å². The maximum absolute atomic E-state index is 11.4. The number of nitrogens with two attached hydrogens (primary N) is 1. The van der Waals surface area contributed by atoms with Gasteiger partial charge in [0.1, 0.15) is 12.2 Å². The van der Waals surface area contributed by atoms with E-state index in [2.05, 4.69) is 6.92 Å². The number of fused-ring (bicyclic) bond motifs is 1. The molecule has 4 atom stereocenters. The molecular weight excluding hydrogens is 272 g/mol. The van der Waals surface area contributed by atoms with Crippen molar-refractivity contribution in [3.8, 4) is 0 Å². The number of hydrogen-bond acceptors (Lipinski definition) is 5. The van der Waals surface area contributed by atoms with Gasteiger partial charge in [0, 0.05) is 18.0 Å². The van der Waals surface area contributed by atoms with Crippen LogP contribution < -0.4 is 5.73 Å². The molecule has 3 aliphatic rings. The maximum atomic E-state index is 11.4. The fraction of sp³-hybridized carbons (Fsp3) is 0.667. The van der Waals surface area contributed by atoms with Crippen molar-refractivity contribution in [2.24, 2.45) is 5.73 Å². The number of carbonyl (C=O) groups is 1. The van der Waals surface area contributed by atoms with Crippen LogP contribution in [0.2, 0.25) is 0 Å². The minimum Gasteiger partial charge on any atom is -0.366 e. The molecule has 0 saturated carbocycles. The first-order chi connectivity index (χ1) is 9.91. The Morgan fingerprint density at radius 2 is 2.14 bits per heavy atom. The summed E-state index contributed by atoms with van der Waals surface area (Å²) in [5, 5.41) is 0. The Bertz CT molecular complexity index is 500. The van der Waals surface area contributed by atoms with Gasteiger partial charge in [-0.2, -0.15) is 0 Å². The lowest BCUT2D eigenvalue weighted by atomic mass is 10.1. The molecule has 2 saturated heterocycles. The van der Waals surface area contributed by atoms with Crippen LogP contribution in [0.1, 0.15) is 33.6 Å². The summed E-state index contributed by atoms with van der Waals surface area (Å²) in [5.74, 6) is -1.02. The number of amides is 1. The molecule has 1 amide bonds. The molecule has 0 aromatic carbocycles. The van der Waals surface area contributed by atoms with E-state index >= 15 is 0 Å². The molecule has 0 aromatic rings. The van der Waals surface area contributed by atoms with E-state index in [0.717, 1.165) is 6.42 Å². The highest BCUT2D eigenvalue weighted by Gasteiger charge is 2.55. The molecule has 116 valence electrons. The number of primary amides is 1. The molecule has 2 N–H and O–H groups in total. The van der Waals surface area contributed by atoms with Crippen molar-refractivity contribution in [1.82, 2.24) is 4.90 Å². The summed E-state index contributed by atoms with van der Waals surface area (Å²) in [4.78, 5) is 13.2. The zero-order chi connectivity index (χ0) is 15.2. The molecule has 6 nitrogen and oxygen atoms in total. The summed E-state index contributed by atoms with van der Waals surface area (Å²) in [6.07, 6.45) is 6.37. The molecule has 3 heterocycles. The Morgan fingerprint density at radius 1 is 1.43 bits per heavy atom. The third-order valence-corrected chi connectivity index (χ3v) is 4.06. The molecule has 1 unspecified atom stereocenters. The number of nitrogens with zero attached hydrogens (tertiary/aromatic N) is 1. The van der Waals surface area contributed by atoms with E-state index in [4.69, 9.17) is 19.9 Å². The van der Waals surface area contributed by atoms with Crippen molar-refractivity contribution in [1.29, 1.82) is 0 Å². The highest BCUT2D eigenvalue weighted by Crippen LogP contribution is 2.41. The molecule has 0 aliphatic carbocycles. The lowest BCUT2D eigenvalue weighted by Crippen LogP contribution is -2.40. The van der Waals surface area contributed by atoms with Gasteiger partial charge in [0.15, 0.2) is 12.0 Å². The first kappa shape index (κ1) is 14.6. The number of carbonyl (C=O) groups excluding carboxylic acids is 1. The van der Waals surface area contributed by atoms with Crippen molar-refractivity contribution in [2.75, 3.05) is 0 Å². The molecule has 0 spiro atoms. The summed E-state index contributed by atoms with van der Waals surface area (Å²) >= 11 is 0. The van der Waals surface area contributed by atoms with E-state index < -0.39 is 11.7 Å². The van der Waals surface area contributed by atoms with Crippen LogP contribution in [0.15, 0.2) is 24.0 Å². The van der Waals surface area contributed by atoms with Gasteiger partial charge < -0.3 is 24.8 Å². The first-order valence-electron chi connectivity index (χ1n) is 7.37. The van der Waals surface area contributed by atoms with Crippen LogP contribution in [0.5, 0.6) is 0 Å². The summed E-state index contributed by atoms with van der Waals surface area (Å²) < 4.78 is 18.0. The van der Waals surface area contributed by atoms with E-state index in [1.807, 2.05) is 31.0 Å². The zero-order valence-electron chi connectivity index (χ0n) is 12.6. The third-order valence-electron chi connectivity index (χ3n) is 4.06. The van der Waals surface area contributed by atoms with Crippen molar-refractivity contribution >= 4 is 5.91 Å². The van der Waals surface area contributed by atoms with Crippen LogP contribution in [0.3, 0.4) is 0 Å². The van der Waals surface area contributed by atoms with Gasteiger partial charge in [0.2, 0.25) is 5.91 Å². The molecule has 0 aromatic heterocycles. The van der Waals surface area contributed by atoms with E-state index in [0.29, 0.717) is 12.0 Å². The quantitative estimate of drug-likeness (QED) is 0.847. The number of ether oxygens (including phenoxy) is 3. The van der Waals surface area contributed by atoms with Crippen molar-refractivity contribution in [3.05, 3.63) is 24.0 Å². The monoisotopic (exact) mass is 294 g/mol. The summed E-state index contributed by atoms with van der Waals surface area (Å²) in [6.45, 7) is 5.88. The number of allylic oxidation sites excluding steroid dienone is 1. The van der Waals surface area contributed by atoms with Gasteiger partial charge in [-0.1, -0.05) is 13.0 Å². The fourth-order valence-electron chi connectivity index (χ4n) is 3.13. The predicted octanol–water partition coefficient (Wildman–Crippen LogP) is 1.23. The zero-order valence-corrected chi connectivity index (χ0v) is 12.6. The second-order valence-electron chi connectivity index (χ2n) is 6.09. The van der Waals surface area contributed by atoms with Crippen molar-refractivity contribution in [2.45, 2.75) is 63.9 Å². The molecule has 2 fully saturated rings. The van der Waals surface area contributed by atoms with Crippen LogP contribution in [-0.4, -0.2) is 41.1 Å². The fourth-order valence-corrected chi connectivity index (χ4v) is 3.13. The summed E-state index contributed by atoms with van der Waals surface area (Å²) in [5.41, 5.74) is 5.93. The number of rotatable bonds is 3. The molecule has 21 heavy (non-hydrogen) atoms. The Kier molecular flexibility index (Phi) is 3.55. The standard InChI is InChI=1S/C15H22N2O4/c1-4-10-11-12(21-15(2,3)20-11)14(19-10)17-7-5-6-9(8-17)13(16)18/h5,7-8,10-12,14H,4,6H2,1-3H3,(H2,16,18)/t10?,11-,12-,14-/m1/s1. The van der Waals surface area contributed by atoms with Crippen molar-refractivity contribution in [3.63, 3.8) is 0 Å². The second kappa shape index (κ2) is 5.12. The van der Waals surface area contributed by atoms with Gasteiger partial charge in [0.05, 0.1) is 6.10 Å². The largest absolute Gasteiger partial charge is 0.366 e. The Balaban J connectivity index is 1.84. The van der Waals surface area contributed by atoms with Crippen molar-refractivity contribution < 1.29 is 19.0 Å². The van der Waals surface area contributed by atoms with Gasteiger partial charge in [0.25, 0.3) is 0 Å². The molecule has 0 radical (unpaired) electrons. The third kappa shape index (κ3) is 2.59. The topological polar surface area (TPSA) is 74.0 Å². The van der Waals surface area contributed by atoms with E-state index in [-0.39, 0.29) is 24.5 Å². The lowest BCUT2D eigenvalue weighted by Gasteiger charge is -2.31. The van der Waals surface area contributed by atoms with Crippen LogP contribution in [0.4, 0.5) is 0 Å². The van der Waals surface area contributed by atoms with E-state index in [1.54, 1.807) is 6.20 Å². The molecule has 3 aliphatic heterocycles. The minimum absolute atomic E-state index is 0.0115. The molecule has 0 bridgehead atoms. The van der Waals surface area contributed by atoms with E-state index in [9.17, 15) is 4.79 Å². The predicted molar refractivity (Wildman–Crippen MR) is 75.7 cm³/mol. The SMILES string of the molecule is CCC1O[C@@H](N2C=CCC(C(N)=O)=C2)[C@@H]2OC(C)(C)O[C@H]12. The molecule has 3 rings (SSSR count). The normalized spacial score (nSPS) is 37.5. The smallest absolute Gasteiger partial charge is 0.246 e. The summed E-state index contributed by atoms with van der Waals surface area (Å²) in [6, 6.07) is 0. The maximum Gasteiger partial charge on any atom is 0.246 e. The van der Waals surface area contributed by atoms with Gasteiger partial charge >= 0.3 is 0 Å². The molecule has 6 heteroatoms. The van der Waals surface area contributed by atoms with Crippen LogP contribution in [-0.2, 0) is 19.0 Å². The Hall–Kier alpha value is -1.37. The average Bonchev–Trinajstić information content (AvgIpc) is 2.91. The van der Waals surface area contributed by atoms with Gasteiger partial charge in [-0.3, -0.25) is 4.79 Å². The highest BCUT2D eigenvalue weighted by atomic mass is 16.8. The van der Waals surface area contributed by atoms with Crippen LogP contribution in [0.25, 0.3) is 0 Å². The molecular formula is C15H22N2O4. The minimum atomic E-state index is -0.611. The first-order valence-corrected chi connectivity index (χ1v) is 7.37. The average molecular weight is 294 g/mol. The summed E-state index contributed by atoms with van der Waals surface area (Å²) in [7, 11) is 0. The van der Waals surface area contributed by atoms with Crippen LogP contribution in [0, 0.1) is 0 Å². The lowest BCUT2D eigenvalue weighted by molar-refractivity contribution is -0.198. The van der Waals surface area contributed by atoms with E-state index in [1.165, 1.54) is 0 Å². The Labute approximate surface area is 124 Å². The highest BCUT2D eigenvalue weighted by molar-refractivity contribution is 5.92.